The van der Waals surface area contributed by atoms with Gasteiger partial charge in [0.15, 0.2) is 0 Å². The standard InChI is InChI=1S/C25H21BrN4O4/c1-15-7-10-18(11-8-15)27-23(31)21-14-16-13-17(26)9-12-20(16)30(21)29-25(33)24(32)28-19-5-3-4-6-22(19)34-2/h3-14H,1-2H3,(H,27,31)(H,28,32)(H,29,33). The Bertz CT molecular complexity index is 1400. The quantitative estimate of drug-likeness (QED) is 0.332. The maximum absolute atomic E-state index is 13.1. The average Bonchev–Trinajstić information content (AvgIpc) is 3.18. The van der Waals surface area contributed by atoms with E-state index in [1.54, 1.807) is 54.6 Å². The highest BCUT2D eigenvalue weighted by Crippen LogP contribution is 2.25. The highest BCUT2D eigenvalue weighted by Gasteiger charge is 2.22. The molecule has 3 N–H and O–H groups in total. The van der Waals surface area contributed by atoms with Crippen LogP contribution in [0.5, 0.6) is 5.75 Å². The summed E-state index contributed by atoms with van der Waals surface area (Å²) in [7, 11) is 1.47. The first-order valence-electron chi connectivity index (χ1n) is 10.3. The number of amides is 3. The molecule has 0 unspecified atom stereocenters. The van der Waals surface area contributed by atoms with E-state index >= 15 is 0 Å². The van der Waals surface area contributed by atoms with Crippen LogP contribution in [-0.2, 0) is 9.59 Å². The summed E-state index contributed by atoms with van der Waals surface area (Å²) in [5.41, 5.74) is 5.26. The van der Waals surface area contributed by atoms with Gasteiger partial charge in [-0.2, -0.15) is 0 Å². The number of nitrogens with one attached hydrogen (secondary N) is 3. The van der Waals surface area contributed by atoms with Gasteiger partial charge in [0.05, 0.1) is 18.3 Å². The Kier molecular flexibility index (Phi) is 6.65. The van der Waals surface area contributed by atoms with Crippen LogP contribution >= 0.6 is 15.9 Å². The van der Waals surface area contributed by atoms with Crippen molar-refractivity contribution in [1.82, 2.24) is 4.68 Å². The molecule has 0 spiro atoms. The van der Waals surface area contributed by atoms with E-state index in [4.69, 9.17) is 4.74 Å². The predicted molar refractivity (Wildman–Crippen MR) is 135 cm³/mol. The van der Waals surface area contributed by atoms with Crippen molar-refractivity contribution in [2.75, 3.05) is 23.2 Å². The van der Waals surface area contributed by atoms with Gasteiger partial charge >= 0.3 is 11.8 Å². The number of methoxy groups -OCH3 is 1. The van der Waals surface area contributed by atoms with Crippen LogP contribution < -0.4 is 20.8 Å². The molecular formula is C25H21BrN4O4. The lowest BCUT2D eigenvalue weighted by Gasteiger charge is -2.13. The monoisotopic (exact) mass is 520 g/mol. The number of nitrogens with zero attached hydrogens (tertiary/aromatic N) is 1. The Morgan fingerprint density at radius 2 is 1.62 bits per heavy atom. The van der Waals surface area contributed by atoms with Crippen molar-refractivity contribution < 1.29 is 19.1 Å². The second kappa shape index (κ2) is 9.80. The van der Waals surface area contributed by atoms with Crippen molar-refractivity contribution in [2.45, 2.75) is 6.92 Å². The minimum Gasteiger partial charge on any atom is -0.495 e. The molecule has 1 heterocycles. The smallest absolute Gasteiger partial charge is 0.328 e. The molecule has 172 valence electrons. The summed E-state index contributed by atoms with van der Waals surface area (Å²) in [6.07, 6.45) is 0. The first-order chi connectivity index (χ1) is 16.4. The van der Waals surface area contributed by atoms with Crippen LogP contribution in [0.3, 0.4) is 0 Å². The molecule has 8 nitrogen and oxygen atoms in total. The zero-order valence-electron chi connectivity index (χ0n) is 18.4. The number of carbonyl (C=O) groups is 3. The van der Waals surface area contributed by atoms with Crippen molar-refractivity contribution in [3.05, 3.63) is 88.5 Å². The fraction of sp³-hybridized carbons (Fsp3) is 0.0800. The van der Waals surface area contributed by atoms with E-state index in [2.05, 4.69) is 32.0 Å². The van der Waals surface area contributed by atoms with Crippen molar-refractivity contribution in [1.29, 1.82) is 0 Å². The minimum atomic E-state index is -0.948. The molecule has 0 radical (unpaired) electrons. The maximum Gasteiger partial charge on any atom is 0.328 e. The van der Waals surface area contributed by atoms with Gasteiger partial charge in [-0.25, -0.2) is 4.68 Å². The summed E-state index contributed by atoms with van der Waals surface area (Å²) in [6, 6.07) is 21.0. The molecular weight excluding hydrogens is 500 g/mol. The van der Waals surface area contributed by atoms with E-state index in [-0.39, 0.29) is 5.69 Å². The number of rotatable bonds is 5. The number of fused-ring (bicyclic) bond motifs is 1. The van der Waals surface area contributed by atoms with Crippen molar-refractivity contribution in [3.8, 4) is 5.75 Å². The Labute approximate surface area is 204 Å². The van der Waals surface area contributed by atoms with Gasteiger partial charge < -0.3 is 15.4 Å². The molecule has 4 rings (SSSR count). The number of hydrogen-bond donors (Lipinski definition) is 3. The lowest BCUT2D eigenvalue weighted by molar-refractivity contribution is -0.133. The molecule has 0 aliphatic heterocycles. The van der Waals surface area contributed by atoms with E-state index < -0.39 is 17.7 Å². The van der Waals surface area contributed by atoms with Crippen LogP contribution in [0.15, 0.2) is 77.3 Å². The lowest BCUT2D eigenvalue weighted by atomic mass is 10.2. The Balaban J connectivity index is 1.62. The average molecular weight is 521 g/mol. The van der Waals surface area contributed by atoms with Crippen LogP contribution in [0.1, 0.15) is 16.1 Å². The molecule has 0 atom stereocenters. The number of aryl methyl sites for hydroxylation is 1. The fourth-order valence-electron chi connectivity index (χ4n) is 3.39. The molecule has 4 aromatic rings. The van der Waals surface area contributed by atoms with Crippen LogP contribution in [-0.4, -0.2) is 29.5 Å². The van der Waals surface area contributed by atoms with E-state index in [1.165, 1.54) is 11.8 Å². The topological polar surface area (TPSA) is 101 Å². The fourth-order valence-corrected chi connectivity index (χ4v) is 3.76. The molecule has 3 aromatic carbocycles. The molecule has 0 aliphatic rings. The van der Waals surface area contributed by atoms with Crippen LogP contribution in [0.2, 0.25) is 0 Å². The third-order valence-corrected chi connectivity index (χ3v) is 5.57. The second-order valence-corrected chi connectivity index (χ2v) is 8.40. The van der Waals surface area contributed by atoms with E-state index in [1.807, 2.05) is 25.1 Å². The highest BCUT2D eigenvalue weighted by molar-refractivity contribution is 9.10. The van der Waals surface area contributed by atoms with Gasteiger partial charge in [0, 0.05) is 15.5 Å². The molecule has 1 aromatic heterocycles. The minimum absolute atomic E-state index is 0.159. The number of benzene rings is 3. The molecule has 3 amide bonds. The summed E-state index contributed by atoms with van der Waals surface area (Å²) in [5, 5.41) is 6.05. The van der Waals surface area contributed by atoms with Gasteiger partial charge in [-0.15, -0.1) is 0 Å². The second-order valence-electron chi connectivity index (χ2n) is 7.48. The Hall–Kier alpha value is -4.11. The summed E-state index contributed by atoms with van der Waals surface area (Å²) >= 11 is 3.42. The predicted octanol–water partition coefficient (Wildman–Crippen LogP) is 4.68. The SMILES string of the molecule is COc1ccccc1NC(=O)C(=O)Nn1c(C(=O)Nc2ccc(C)cc2)cc2cc(Br)ccc21. The van der Waals surface area contributed by atoms with Gasteiger partial charge in [0.25, 0.3) is 5.91 Å². The zero-order chi connectivity index (χ0) is 24.2. The zero-order valence-corrected chi connectivity index (χ0v) is 20.0. The number of carbonyl (C=O) groups excluding carboxylic acids is 3. The molecule has 9 heteroatoms. The third kappa shape index (κ3) is 4.94. The normalized spacial score (nSPS) is 10.6. The summed E-state index contributed by atoms with van der Waals surface area (Å²) in [4.78, 5) is 38.5. The van der Waals surface area contributed by atoms with Crippen molar-refractivity contribution in [3.63, 3.8) is 0 Å². The summed E-state index contributed by atoms with van der Waals surface area (Å²) in [5.74, 6) is -1.89. The molecule has 0 aliphatic carbocycles. The number of hydrogen-bond acceptors (Lipinski definition) is 4. The molecule has 0 fully saturated rings. The van der Waals surface area contributed by atoms with Gasteiger partial charge in [-0.05, 0) is 55.5 Å². The van der Waals surface area contributed by atoms with Gasteiger partial charge in [-0.1, -0.05) is 45.8 Å². The molecule has 0 saturated heterocycles. The molecule has 0 saturated carbocycles. The van der Waals surface area contributed by atoms with E-state index in [9.17, 15) is 14.4 Å². The largest absolute Gasteiger partial charge is 0.495 e. The van der Waals surface area contributed by atoms with Crippen molar-refractivity contribution in [2.24, 2.45) is 0 Å². The van der Waals surface area contributed by atoms with Crippen molar-refractivity contribution >= 4 is 55.9 Å². The Morgan fingerprint density at radius 1 is 0.882 bits per heavy atom. The molecule has 0 bridgehead atoms. The van der Waals surface area contributed by atoms with Gasteiger partial charge in [-0.3, -0.25) is 19.8 Å². The van der Waals surface area contributed by atoms with E-state index in [0.29, 0.717) is 28.0 Å². The van der Waals surface area contributed by atoms with Crippen LogP contribution in [0.4, 0.5) is 11.4 Å². The van der Waals surface area contributed by atoms with Gasteiger partial charge in [0.2, 0.25) is 0 Å². The maximum atomic E-state index is 13.1. The summed E-state index contributed by atoms with van der Waals surface area (Å²) < 4.78 is 7.32. The van der Waals surface area contributed by atoms with E-state index in [0.717, 1.165) is 10.0 Å². The first kappa shape index (κ1) is 23.1. The molecule has 34 heavy (non-hydrogen) atoms. The highest BCUT2D eigenvalue weighted by atomic mass is 79.9. The number of para-hydroxylation sites is 2. The third-order valence-electron chi connectivity index (χ3n) is 5.08. The van der Waals surface area contributed by atoms with Crippen LogP contribution in [0, 0.1) is 6.92 Å². The number of ether oxygens (including phenoxy) is 1. The number of aromatic nitrogens is 1. The summed E-state index contributed by atoms with van der Waals surface area (Å²) in [6.45, 7) is 1.95. The Morgan fingerprint density at radius 3 is 2.35 bits per heavy atom. The van der Waals surface area contributed by atoms with Crippen LogP contribution in [0.25, 0.3) is 10.9 Å². The van der Waals surface area contributed by atoms with Gasteiger partial charge in [0.1, 0.15) is 11.4 Å². The number of halogens is 1. The lowest BCUT2D eigenvalue weighted by Crippen LogP contribution is -2.36. The number of anilines is 2. The first-order valence-corrected chi connectivity index (χ1v) is 11.1.